The van der Waals surface area contributed by atoms with Crippen LogP contribution in [-0.4, -0.2) is 21.4 Å². The molecule has 0 aliphatic rings. The van der Waals surface area contributed by atoms with Crippen LogP contribution in [0.25, 0.3) is 22.5 Å². The average molecular weight is 394 g/mol. The Hall–Kier alpha value is -2.72. The Kier molecular flexibility index (Phi) is 6.10. The number of hydrogen-bond donors (Lipinski definition) is 0. The number of carbonyl (C=O) groups excluding carboxylic acids is 1. The molecule has 0 aliphatic heterocycles. The summed E-state index contributed by atoms with van der Waals surface area (Å²) < 4.78 is 1.79. The van der Waals surface area contributed by atoms with E-state index in [1.807, 2.05) is 38.2 Å². The summed E-state index contributed by atoms with van der Waals surface area (Å²) in [5.41, 5.74) is 6.11. The van der Waals surface area contributed by atoms with Gasteiger partial charge in [-0.3, -0.25) is 14.2 Å². The quantitative estimate of drug-likeness (QED) is 0.362. The minimum atomic E-state index is 0.335. The fourth-order valence-electron chi connectivity index (χ4n) is 3.10. The number of halogens is 1. The van der Waals surface area contributed by atoms with Gasteiger partial charge in [-0.1, -0.05) is 49.7 Å². The van der Waals surface area contributed by atoms with Gasteiger partial charge >= 0.3 is 0 Å². The molecule has 0 saturated heterocycles. The molecule has 0 spiro atoms. The fourth-order valence-corrected chi connectivity index (χ4v) is 3.38. The van der Waals surface area contributed by atoms with Gasteiger partial charge < -0.3 is 0 Å². The van der Waals surface area contributed by atoms with Crippen LogP contribution < -0.4 is 0 Å². The number of benzene rings is 1. The molecule has 3 rings (SSSR count). The van der Waals surface area contributed by atoms with Gasteiger partial charge in [0.15, 0.2) is 0 Å². The van der Waals surface area contributed by atoms with Crippen molar-refractivity contribution >= 4 is 34.8 Å². The van der Waals surface area contributed by atoms with E-state index in [0.717, 1.165) is 35.1 Å². The monoisotopic (exact) mass is 393 g/mol. The number of imidazole rings is 1. The summed E-state index contributed by atoms with van der Waals surface area (Å²) in [6.07, 6.45) is 5.54. The molecule has 2 heterocycles. The van der Waals surface area contributed by atoms with Crippen LogP contribution in [0.15, 0.2) is 53.8 Å². The smallest absolute Gasteiger partial charge is 0.150 e. The lowest BCUT2D eigenvalue weighted by atomic mass is 9.89. The topological polar surface area (TPSA) is 46.7 Å². The van der Waals surface area contributed by atoms with Crippen molar-refractivity contribution in [2.24, 2.45) is 10.9 Å². The predicted octanol–water partition coefficient (Wildman–Crippen LogP) is 6.34. The van der Waals surface area contributed by atoms with E-state index in [1.165, 1.54) is 0 Å². The molecule has 0 aliphatic carbocycles. The molecule has 28 heavy (non-hydrogen) atoms. The second-order valence-corrected chi connectivity index (χ2v) is 7.43. The van der Waals surface area contributed by atoms with Gasteiger partial charge in [-0.2, -0.15) is 0 Å². The molecule has 4 nitrogen and oxygen atoms in total. The maximum Gasteiger partial charge on any atom is 0.150 e. The number of nitrogens with zero attached hydrogens (tertiary/aromatic N) is 3. The number of allylic oxidation sites excluding steroid dienone is 1. The first-order valence-electron chi connectivity index (χ1n) is 9.39. The highest BCUT2D eigenvalue weighted by Gasteiger charge is 2.19. The van der Waals surface area contributed by atoms with Crippen molar-refractivity contribution in [3.8, 4) is 11.3 Å². The first-order chi connectivity index (χ1) is 13.5. The number of aliphatic imine (C=N–C) groups is 1. The van der Waals surface area contributed by atoms with Gasteiger partial charge in [-0.05, 0) is 49.5 Å². The molecular formula is C23H24ClN3O. The van der Waals surface area contributed by atoms with Crippen molar-refractivity contribution in [1.29, 1.82) is 0 Å². The highest BCUT2D eigenvalue weighted by molar-refractivity contribution is 6.32. The molecular weight excluding hydrogens is 370 g/mol. The maximum absolute atomic E-state index is 11.1. The number of carbonyl (C=O) groups is 1. The third kappa shape index (κ3) is 3.92. The molecule has 1 atom stereocenters. The Morgan fingerprint density at radius 2 is 2.04 bits per heavy atom. The number of hydrogen-bond acceptors (Lipinski definition) is 3. The minimum Gasteiger partial charge on any atom is -0.298 e. The second kappa shape index (κ2) is 8.53. The lowest BCUT2D eigenvalue weighted by Crippen LogP contribution is -2.00. The summed E-state index contributed by atoms with van der Waals surface area (Å²) in [6, 6.07) is 11.6. The van der Waals surface area contributed by atoms with E-state index in [2.05, 4.69) is 24.9 Å². The van der Waals surface area contributed by atoms with Crippen LogP contribution in [0.5, 0.6) is 0 Å². The molecule has 0 saturated carbocycles. The first-order valence-corrected chi connectivity index (χ1v) is 9.77. The predicted molar refractivity (Wildman–Crippen MR) is 117 cm³/mol. The molecule has 0 bridgehead atoms. The largest absolute Gasteiger partial charge is 0.298 e. The Morgan fingerprint density at radius 1 is 1.29 bits per heavy atom. The van der Waals surface area contributed by atoms with Gasteiger partial charge in [0.2, 0.25) is 0 Å². The second-order valence-electron chi connectivity index (χ2n) is 7.07. The zero-order valence-corrected chi connectivity index (χ0v) is 17.4. The van der Waals surface area contributed by atoms with Crippen molar-refractivity contribution in [2.75, 3.05) is 0 Å². The van der Waals surface area contributed by atoms with Crippen molar-refractivity contribution in [1.82, 2.24) is 9.38 Å². The standard InChI is InChI=1S/C23H24ClN3O/c1-5-16(4)20(13-25-15(2)3)18-8-6-7-9-19(18)22-23(24)27-11-10-17(14-28)12-21(27)26-22/h6-14,16H,5H2,1-4H3/b20-13+. The summed E-state index contributed by atoms with van der Waals surface area (Å²) in [4.78, 5) is 20.4. The maximum atomic E-state index is 11.1. The zero-order chi connectivity index (χ0) is 20.3. The number of aromatic nitrogens is 2. The van der Waals surface area contributed by atoms with Gasteiger partial charge in [0.05, 0.1) is 0 Å². The average Bonchev–Trinajstić information content (AvgIpc) is 3.03. The van der Waals surface area contributed by atoms with Crippen LogP contribution in [0.4, 0.5) is 0 Å². The van der Waals surface area contributed by atoms with E-state index < -0.39 is 0 Å². The normalized spacial score (nSPS) is 12.8. The fraction of sp³-hybridized carbons (Fsp3) is 0.261. The summed E-state index contributed by atoms with van der Waals surface area (Å²) >= 11 is 6.67. The van der Waals surface area contributed by atoms with Crippen LogP contribution in [0, 0.1) is 5.92 Å². The molecule has 0 fully saturated rings. The molecule has 2 aromatic heterocycles. The Balaban J connectivity index is 2.23. The third-order valence-corrected chi connectivity index (χ3v) is 5.19. The van der Waals surface area contributed by atoms with E-state index >= 15 is 0 Å². The first kappa shape index (κ1) is 20.0. The van der Waals surface area contributed by atoms with Crippen LogP contribution >= 0.6 is 11.6 Å². The van der Waals surface area contributed by atoms with E-state index in [1.54, 1.807) is 22.7 Å². The van der Waals surface area contributed by atoms with Crippen LogP contribution in [0.1, 0.15) is 50.0 Å². The van der Waals surface area contributed by atoms with Gasteiger partial charge in [0.1, 0.15) is 22.8 Å². The summed E-state index contributed by atoms with van der Waals surface area (Å²) in [7, 11) is 0. The summed E-state index contributed by atoms with van der Waals surface area (Å²) in [5, 5.41) is 0.526. The van der Waals surface area contributed by atoms with E-state index in [4.69, 9.17) is 16.6 Å². The summed E-state index contributed by atoms with van der Waals surface area (Å²) in [5.74, 6) is 0.335. The van der Waals surface area contributed by atoms with Crippen LogP contribution in [-0.2, 0) is 0 Å². The number of fused-ring (bicyclic) bond motifs is 1. The molecule has 3 aromatic rings. The Labute approximate surface area is 170 Å². The molecule has 0 radical (unpaired) electrons. The number of rotatable bonds is 6. The lowest BCUT2D eigenvalue weighted by Gasteiger charge is -2.17. The van der Waals surface area contributed by atoms with Crippen molar-refractivity contribution in [2.45, 2.75) is 34.1 Å². The van der Waals surface area contributed by atoms with E-state index in [0.29, 0.717) is 28.0 Å². The lowest BCUT2D eigenvalue weighted by molar-refractivity contribution is 0.112. The van der Waals surface area contributed by atoms with E-state index in [9.17, 15) is 4.79 Å². The van der Waals surface area contributed by atoms with Gasteiger partial charge in [-0.25, -0.2) is 4.98 Å². The molecule has 1 aromatic carbocycles. The zero-order valence-electron chi connectivity index (χ0n) is 16.6. The van der Waals surface area contributed by atoms with Crippen molar-refractivity contribution in [3.05, 3.63) is 65.1 Å². The van der Waals surface area contributed by atoms with Gasteiger partial charge in [0.25, 0.3) is 0 Å². The molecule has 0 N–H and O–H groups in total. The third-order valence-electron chi connectivity index (χ3n) is 4.83. The van der Waals surface area contributed by atoms with Gasteiger partial charge in [0, 0.05) is 29.2 Å². The highest BCUT2D eigenvalue weighted by atomic mass is 35.5. The Morgan fingerprint density at radius 3 is 2.71 bits per heavy atom. The van der Waals surface area contributed by atoms with Crippen LogP contribution in [0.2, 0.25) is 5.15 Å². The SMILES string of the molecule is CCC(C)/C(=C\N=C(C)C)c1ccccc1-c1nc2cc(C=O)ccn2c1Cl. The Bertz CT molecular complexity index is 1070. The summed E-state index contributed by atoms with van der Waals surface area (Å²) in [6.45, 7) is 8.34. The highest BCUT2D eigenvalue weighted by Crippen LogP contribution is 2.37. The van der Waals surface area contributed by atoms with Crippen LogP contribution in [0.3, 0.4) is 0 Å². The number of pyridine rings is 1. The molecule has 1 unspecified atom stereocenters. The van der Waals surface area contributed by atoms with Crippen molar-refractivity contribution in [3.63, 3.8) is 0 Å². The minimum absolute atomic E-state index is 0.335. The molecule has 0 amide bonds. The van der Waals surface area contributed by atoms with Crippen molar-refractivity contribution < 1.29 is 4.79 Å². The van der Waals surface area contributed by atoms with E-state index in [-0.39, 0.29) is 0 Å². The van der Waals surface area contributed by atoms with Gasteiger partial charge in [-0.15, -0.1) is 0 Å². The molecule has 5 heteroatoms. The number of aldehydes is 1. The molecule has 144 valence electrons.